The van der Waals surface area contributed by atoms with Crippen LogP contribution in [0.4, 0.5) is 0 Å². The van der Waals surface area contributed by atoms with Gasteiger partial charge in [0.05, 0.1) is 20.0 Å². The van der Waals surface area contributed by atoms with Crippen LogP contribution in [-0.4, -0.2) is 44.4 Å². The molecule has 0 aliphatic rings. The lowest BCUT2D eigenvalue weighted by molar-refractivity contribution is -0.142. The van der Waals surface area contributed by atoms with E-state index in [0.717, 1.165) is 4.90 Å². The highest BCUT2D eigenvalue weighted by molar-refractivity contribution is 8.00. The molecule has 0 saturated heterocycles. The molecule has 0 atom stereocenters. The minimum absolute atomic E-state index is 0.117. The Morgan fingerprint density at radius 1 is 1.00 bits per heavy atom. The molecular formula is C19H19ClN2O6S. The molecule has 10 heteroatoms. The van der Waals surface area contributed by atoms with Gasteiger partial charge >= 0.3 is 5.97 Å². The second-order valence-corrected chi connectivity index (χ2v) is 6.96. The molecule has 0 spiro atoms. The van der Waals surface area contributed by atoms with E-state index in [-0.39, 0.29) is 35.3 Å². The van der Waals surface area contributed by atoms with Gasteiger partial charge in [-0.05, 0) is 42.5 Å². The predicted molar refractivity (Wildman–Crippen MR) is 108 cm³/mol. The van der Waals surface area contributed by atoms with Crippen LogP contribution in [0.5, 0.6) is 11.5 Å². The number of nitrogens with one attached hydrogen (secondary N) is 2. The normalized spacial score (nSPS) is 10.0. The van der Waals surface area contributed by atoms with Gasteiger partial charge < -0.3 is 14.2 Å². The van der Waals surface area contributed by atoms with Crippen LogP contribution in [0.1, 0.15) is 10.4 Å². The Balaban J connectivity index is 1.86. The van der Waals surface area contributed by atoms with E-state index < -0.39 is 11.9 Å². The van der Waals surface area contributed by atoms with E-state index in [2.05, 4.69) is 15.6 Å². The summed E-state index contributed by atoms with van der Waals surface area (Å²) >= 11 is 7.12. The molecule has 0 fully saturated rings. The third-order valence-corrected chi connectivity index (χ3v) is 4.76. The molecule has 0 aromatic heterocycles. The fourth-order valence-electron chi connectivity index (χ4n) is 2.04. The van der Waals surface area contributed by atoms with E-state index >= 15 is 0 Å². The van der Waals surface area contributed by atoms with Gasteiger partial charge in [0.2, 0.25) is 5.91 Å². The molecule has 2 aromatic carbocycles. The molecule has 154 valence electrons. The first-order valence-electron chi connectivity index (χ1n) is 8.28. The quantitative estimate of drug-likeness (QED) is 0.370. The summed E-state index contributed by atoms with van der Waals surface area (Å²) in [6.45, 7) is -0.292. The highest BCUT2D eigenvalue weighted by atomic mass is 35.5. The van der Waals surface area contributed by atoms with Crippen LogP contribution >= 0.6 is 23.4 Å². The topological polar surface area (TPSA) is 103 Å². The zero-order chi connectivity index (χ0) is 21.2. The fourth-order valence-corrected chi connectivity index (χ4v) is 2.86. The minimum Gasteiger partial charge on any atom is -0.493 e. The maximum Gasteiger partial charge on any atom is 0.343 e. The van der Waals surface area contributed by atoms with Crippen LogP contribution in [0.25, 0.3) is 0 Å². The molecular weight excluding hydrogens is 420 g/mol. The largest absolute Gasteiger partial charge is 0.493 e. The summed E-state index contributed by atoms with van der Waals surface area (Å²) in [5.74, 6) is -0.807. The first-order valence-corrected chi connectivity index (χ1v) is 9.64. The van der Waals surface area contributed by atoms with Crippen molar-refractivity contribution in [3.05, 3.63) is 53.1 Å². The molecule has 0 aliphatic heterocycles. The lowest BCUT2D eigenvalue weighted by atomic mass is 10.2. The van der Waals surface area contributed by atoms with Gasteiger partial charge in [-0.3, -0.25) is 20.4 Å². The van der Waals surface area contributed by atoms with E-state index in [1.165, 1.54) is 44.2 Å². The van der Waals surface area contributed by atoms with Gasteiger partial charge in [0, 0.05) is 15.5 Å². The van der Waals surface area contributed by atoms with Gasteiger partial charge in [-0.2, -0.15) is 0 Å². The lowest BCUT2D eigenvalue weighted by Crippen LogP contribution is -2.42. The zero-order valence-corrected chi connectivity index (χ0v) is 17.3. The minimum atomic E-state index is -0.548. The van der Waals surface area contributed by atoms with Crippen molar-refractivity contribution in [1.82, 2.24) is 10.9 Å². The monoisotopic (exact) mass is 438 g/mol. The molecule has 29 heavy (non-hydrogen) atoms. The van der Waals surface area contributed by atoms with Gasteiger partial charge in [-0.25, -0.2) is 4.79 Å². The van der Waals surface area contributed by atoms with Crippen molar-refractivity contribution in [3.8, 4) is 11.5 Å². The molecule has 8 nitrogen and oxygen atoms in total. The van der Waals surface area contributed by atoms with Crippen molar-refractivity contribution in [3.63, 3.8) is 0 Å². The Morgan fingerprint density at radius 2 is 1.72 bits per heavy atom. The third kappa shape index (κ3) is 7.20. The van der Waals surface area contributed by atoms with Crippen LogP contribution in [0.2, 0.25) is 5.02 Å². The molecule has 0 heterocycles. The number of hydrogen-bond donors (Lipinski definition) is 2. The third-order valence-electron chi connectivity index (χ3n) is 3.50. The Kier molecular flexibility index (Phi) is 8.63. The maximum atomic E-state index is 12.2. The Hall–Kier alpha value is -2.91. The van der Waals surface area contributed by atoms with Gasteiger partial charge in [0.15, 0.2) is 18.1 Å². The van der Waals surface area contributed by atoms with E-state index in [1.54, 1.807) is 24.3 Å². The second-order valence-electron chi connectivity index (χ2n) is 5.48. The van der Waals surface area contributed by atoms with Crippen molar-refractivity contribution in [2.45, 2.75) is 4.90 Å². The van der Waals surface area contributed by atoms with Crippen molar-refractivity contribution in [1.29, 1.82) is 0 Å². The van der Waals surface area contributed by atoms with Crippen molar-refractivity contribution in [2.75, 3.05) is 26.6 Å². The first-order chi connectivity index (χ1) is 13.9. The Bertz CT molecular complexity index is 876. The SMILES string of the molecule is COC(=O)COc1ccc(C(=O)NNC(=O)CSc2ccc(Cl)cc2)cc1OC. The summed E-state index contributed by atoms with van der Waals surface area (Å²) in [5.41, 5.74) is 4.91. The van der Waals surface area contributed by atoms with E-state index in [1.807, 2.05) is 0 Å². The molecule has 0 aliphatic carbocycles. The standard InChI is InChI=1S/C19H19ClN2O6S/c1-26-16-9-12(3-8-15(16)28-10-18(24)27-2)19(25)22-21-17(23)11-29-14-6-4-13(20)5-7-14/h3-9H,10-11H2,1-2H3,(H,21,23)(H,22,25). The van der Waals surface area contributed by atoms with E-state index in [4.69, 9.17) is 21.1 Å². The number of hydrazine groups is 1. The highest BCUT2D eigenvalue weighted by Crippen LogP contribution is 2.28. The summed E-state index contributed by atoms with van der Waals surface area (Å²) in [5, 5.41) is 0.614. The summed E-state index contributed by atoms with van der Waals surface area (Å²) < 4.78 is 14.9. The van der Waals surface area contributed by atoms with Crippen LogP contribution in [-0.2, 0) is 14.3 Å². The van der Waals surface area contributed by atoms with Gasteiger partial charge in [-0.15, -0.1) is 11.8 Å². The van der Waals surface area contributed by atoms with Crippen LogP contribution in [0.15, 0.2) is 47.4 Å². The van der Waals surface area contributed by atoms with Gasteiger partial charge in [-0.1, -0.05) is 11.6 Å². The second kappa shape index (κ2) is 11.2. The molecule has 2 aromatic rings. The number of thioether (sulfide) groups is 1. The average molecular weight is 439 g/mol. The summed E-state index contributed by atoms with van der Waals surface area (Å²) in [6, 6.07) is 11.4. The first kappa shape index (κ1) is 22.4. The summed E-state index contributed by atoms with van der Waals surface area (Å²) in [6.07, 6.45) is 0. The number of carbonyl (C=O) groups excluding carboxylic acids is 3. The fraction of sp³-hybridized carbons (Fsp3) is 0.211. The molecule has 0 saturated carbocycles. The average Bonchev–Trinajstić information content (AvgIpc) is 2.75. The molecule has 2 amide bonds. The maximum absolute atomic E-state index is 12.2. The number of hydrogen-bond acceptors (Lipinski definition) is 7. The molecule has 0 unspecified atom stereocenters. The Labute approximate surface area is 176 Å². The van der Waals surface area contributed by atoms with Gasteiger partial charge in [0.25, 0.3) is 5.91 Å². The lowest BCUT2D eigenvalue weighted by Gasteiger charge is -2.12. The smallest absolute Gasteiger partial charge is 0.343 e. The number of esters is 1. The number of ether oxygens (including phenoxy) is 3. The van der Waals surface area contributed by atoms with Crippen molar-refractivity contribution in [2.24, 2.45) is 0 Å². The van der Waals surface area contributed by atoms with Crippen LogP contribution in [0, 0.1) is 0 Å². The van der Waals surface area contributed by atoms with E-state index in [9.17, 15) is 14.4 Å². The number of methoxy groups -OCH3 is 2. The molecule has 2 N–H and O–H groups in total. The van der Waals surface area contributed by atoms with Crippen molar-refractivity contribution >= 4 is 41.1 Å². The molecule has 0 radical (unpaired) electrons. The van der Waals surface area contributed by atoms with Gasteiger partial charge in [0.1, 0.15) is 0 Å². The van der Waals surface area contributed by atoms with Crippen LogP contribution in [0.3, 0.4) is 0 Å². The number of halogens is 1. The number of amides is 2. The number of carbonyl (C=O) groups is 3. The molecule has 0 bridgehead atoms. The van der Waals surface area contributed by atoms with E-state index in [0.29, 0.717) is 5.02 Å². The number of rotatable bonds is 8. The summed E-state index contributed by atoms with van der Waals surface area (Å²) in [4.78, 5) is 36.2. The predicted octanol–water partition coefficient (Wildman–Crippen LogP) is 2.45. The summed E-state index contributed by atoms with van der Waals surface area (Å²) in [7, 11) is 2.65. The number of benzene rings is 2. The highest BCUT2D eigenvalue weighted by Gasteiger charge is 2.13. The van der Waals surface area contributed by atoms with Crippen LogP contribution < -0.4 is 20.3 Å². The molecule has 2 rings (SSSR count). The zero-order valence-electron chi connectivity index (χ0n) is 15.7. The Morgan fingerprint density at radius 3 is 2.38 bits per heavy atom. The van der Waals surface area contributed by atoms with Crippen molar-refractivity contribution < 1.29 is 28.6 Å².